The smallest absolute Gasteiger partial charge is 0.338 e. The fourth-order valence-electron chi connectivity index (χ4n) is 13.1. The molecule has 37 heteroatoms. The minimum Gasteiger partial charge on any atom is -0.478 e. The molecule has 0 radical (unpaired) electrons. The number of hydrogen-bond donors (Lipinski definition) is 10. The Hall–Kier alpha value is -12.1. The molecule has 2 heterocycles. The van der Waals surface area contributed by atoms with E-state index in [1.807, 2.05) is 30.3 Å². The first-order chi connectivity index (χ1) is 58.8. The standard InChI is InChI=1S/C35H34F2N2O7S.C21H22F2N2O7S.C16H15F2NO4.C14H11ClO4S.CH4/c36-31-28(21-40)30(34(42)38-17-8-3-9-18-38)29(22-41)32(37)33(31)39(20-24-11-4-1-5-12-24)47(44,45)27-16-10-15-26(19-27)35(43)46-23-25-13-6-2-7-14-25;22-17-14(10-26)16(20(28)25-7-2-1-3-8-25)15(11-27)18(23)19(17)24-33(31,32)13-6-4-5-12(9-13)21(29)30;17-13-10(7-20)12(16(22)23)11(8-21)14(18)15(13)19-6-9-4-2-1-3-5-9;15-20(17,18)13-8-4-7-12(9-13)14(16)19-10-11-5-2-1-3-6-11;/h1-2,4-7,10-16,19,40-41H,3,8-9,17-18,20-23H2;4-6,9,24,26-27H,1-3,7-8,10-11H2,(H,29,30);1-5,19-21H,6-8H2,(H,22,23);1-9H,10H2;1H4. The van der Waals surface area contributed by atoms with E-state index >= 15 is 17.6 Å². The van der Waals surface area contributed by atoms with Gasteiger partial charge in [0, 0.05) is 76.8 Å². The summed E-state index contributed by atoms with van der Waals surface area (Å²) in [5.41, 5.74) is -6.07. The molecule has 0 bridgehead atoms. The number of esters is 2. The number of carbonyl (C=O) groups excluding carboxylic acids is 4. The van der Waals surface area contributed by atoms with Crippen molar-refractivity contribution in [1.29, 1.82) is 0 Å². The number of aliphatic hydroxyl groups excluding tert-OH is 6. The lowest BCUT2D eigenvalue weighted by Crippen LogP contribution is -2.38. The number of carboxylic acid groups (broad SMARTS) is 2. The van der Waals surface area contributed by atoms with E-state index in [4.69, 9.17) is 30.4 Å². The fraction of sp³-hybridized carbons (Fsp3) is 0.241. The van der Waals surface area contributed by atoms with Crippen LogP contribution in [0.5, 0.6) is 0 Å². The van der Waals surface area contributed by atoms with Crippen molar-refractivity contribution in [2.45, 2.75) is 127 Å². The Morgan fingerprint density at radius 3 is 1.12 bits per heavy atom. The monoisotopic (exact) mass is 1800 g/mol. The molecule has 2 amide bonds. The van der Waals surface area contributed by atoms with Crippen molar-refractivity contribution in [3.63, 3.8) is 0 Å². The van der Waals surface area contributed by atoms with Gasteiger partial charge in [0.1, 0.15) is 30.3 Å². The quantitative estimate of drug-likeness (QED) is 0.0124. The second-order valence-electron chi connectivity index (χ2n) is 27.3. The van der Waals surface area contributed by atoms with E-state index in [2.05, 4.69) is 5.32 Å². The van der Waals surface area contributed by atoms with E-state index in [-0.39, 0.29) is 48.8 Å². The van der Waals surface area contributed by atoms with E-state index in [1.54, 1.807) is 95.7 Å². The molecule has 2 aliphatic rings. The molecule has 658 valence electrons. The van der Waals surface area contributed by atoms with E-state index in [9.17, 15) is 93.4 Å². The Balaban J connectivity index is 0.000000216. The number of nitrogens with zero attached hydrogens (tertiary/aromatic N) is 3. The molecule has 10 aromatic rings. The van der Waals surface area contributed by atoms with Gasteiger partial charge in [-0.25, -0.2) is 70.8 Å². The third-order valence-corrected chi connectivity index (χ3v) is 23.8. The summed E-state index contributed by atoms with van der Waals surface area (Å²) in [5.74, 6) is -14.3. The molecule has 12 rings (SSSR count). The summed E-state index contributed by atoms with van der Waals surface area (Å²) in [6.45, 7) is -5.18. The van der Waals surface area contributed by atoms with Crippen LogP contribution >= 0.6 is 10.7 Å². The van der Waals surface area contributed by atoms with Crippen molar-refractivity contribution < 1.29 is 131 Å². The van der Waals surface area contributed by atoms with Crippen molar-refractivity contribution in [3.8, 4) is 0 Å². The highest BCUT2D eigenvalue weighted by Crippen LogP contribution is 2.40. The van der Waals surface area contributed by atoms with Crippen LogP contribution in [0.2, 0.25) is 0 Å². The number of anilines is 3. The summed E-state index contributed by atoms with van der Waals surface area (Å²) in [4.78, 5) is 75.1. The van der Waals surface area contributed by atoms with E-state index in [0.29, 0.717) is 67.3 Å². The Kier molecular flexibility index (Phi) is 35.2. The predicted molar refractivity (Wildman–Crippen MR) is 443 cm³/mol. The van der Waals surface area contributed by atoms with Crippen molar-refractivity contribution in [3.05, 3.63) is 318 Å². The molecule has 0 atom stereocenters. The van der Waals surface area contributed by atoms with Gasteiger partial charge in [0.15, 0.2) is 34.9 Å². The maximum Gasteiger partial charge on any atom is 0.338 e. The van der Waals surface area contributed by atoms with Crippen molar-refractivity contribution in [2.24, 2.45) is 0 Å². The number of aliphatic hydroxyl groups is 6. The zero-order valence-corrected chi connectivity index (χ0v) is 68.3. The van der Waals surface area contributed by atoms with Crippen LogP contribution in [0.1, 0.15) is 164 Å². The molecule has 0 aromatic heterocycles. The highest BCUT2D eigenvalue weighted by atomic mass is 35.7. The highest BCUT2D eigenvalue weighted by molar-refractivity contribution is 8.13. The van der Waals surface area contributed by atoms with E-state index in [0.717, 1.165) is 54.3 Å². The number of benzene rings is 10. The zero-order chi connectivity index (χ0) is 89.5. The van der Waals surface area contributed by atoms with Crippen molar-refractivity contribution in [1.82, 2.24) is 9.80 Å². The van der Waals surface area contributed by atoms with Gasteiger partial charge in [-0.2, -0.15) is 0 Å². The number of rotatable bonds is 28. The number of carboxylic acids is 2. The molecule has 0 aliphatic carbocycles. The van der Waals surface area contributed by atoms with Gasteiger partial charge in [-0.3, -0.25) is 18.6 Å². The van der Waals surface area contributed by atoms with Gasteiger partial charge in [-0.15, -0.1) is 0 Å². The summed E-state index contributed by atoms with van der Waals surface area (Å²) in [5, 5.41) is 79.2. The maximum atomic E-state index is 16.5. The number of piperidine rings is 2. The number of aromatic carboxylic acids is 2. The number of carbonyl (C=O) groups is 6. The Bertz CT molecular complexity index is 5760. The van der Waals surface area contributed by atoms with Crippen LogP contribution in [-0.2, 0) is 105 Å². The molecule has 0 spiro atoms. The van der Waals surface area contributed by atoms with E-state index < -0.39 is 223 Å². The average molecular weight is 1800 g/mol. The first kappa shape index (κ1) is 97.3. The number of ether oxygens (including phenoxy) is 2. The van der Waals surface area contributed by atoms with Crippen LogP contribution in [0, 0.1) is 34.9 Å². The molecule has 124 heavy (non-hydrogen) atoms. The summed E-state index contributed by atoms with van der Waals surface area (Å²) >= 11 is 0. The normalized spacial score (nSPS) is 12.6. The van der Waals surface area contributed by atoms with Crippen molar-refractivity contribution >= 4 is 92.5 Å². The molecular weight excluding hydrogens is 1710 g/mol. The second kappa shape index (κ2) is 44.8. The summed E-state index contributed by atoms with van der Waals surface area (Å²) < 4.78 is 181. The molecule has 27 nitrogen and oxygen atoms in total. The summed E-state index contributed by atoms with van der Waals surface area (Å²) in [6, 6.07) is 49.3. The van der Waals surface area contributed by atoms with Gasteiger partial charge in [-0.05, 0) is 115 Å². The van der Waals surface area contributed by atoms with Crippen LogP contribution in [0.3, 0.4) is 0 Å². The Labute approximate surface area is 714 Å². The van der Waals surface area contributed by atoms with Gasteiger partial charge in [0.25, 0.3) is 40.9 Å². The first-order valence-corrected chi connectivity index (χ1v) is 42.8. The van der Waals surface area contributed by atoms with Gasteiger partial charge in [0.2, 0.25) is 0 Å². The third-order valence-electron chi connectivity index (χ3n) is 19.4. The van der Waals surface area contributed by atoms with Crippen LogP contribution in [-0.4, -0.2) is 138 Å². The van der Waals surface area contributed by atoms with Crippen molar-refractivity contribution in [2.75, 3.05) is 40.5 Å². The molecule has 2 saturated heterocycles. The van der Waals surface area contributed by atoms with Gasteiger partial charge in [-0.1, -0.05) is 147 Å². The Morgan fingerprint density at radius 1 is 0.395 bits per heavy atom. The lowest BCUT2D eigenvalue weighted by Gasteiger charge is -2.31. The lowest BCUT2D eigenvalue weighted by molar-refractivity contribution is 0.0463. The summed E-state index contributed by atoms with van der Waals surface area (Å²) in [6.07, 6.45) is 4.50. The lowest BCUT2D eigenvalue weighted by atomic mass is 9.96. The molecule has 0 unspecified atom stereocenters. The SMILES string of the molecule is C.O=C(O)c1c(CO)c(F)c(NCc2ccccc2)c(F)c1CO.O=C(O)c1cccc(S(=O)(=O)Nc2c(F)c(CO)c(C(=O)N3CCCCC3)c(CO)c2F)c1.O=C(OCc1ccccc1)c1cccc(S(=O)(=O)Cl)c1.O=C(OCc1ccccc1)c1cccc(S(=O)(=O)N(Cc2ccccc2)c2c(F)c(CO)c(C(=O)N3CCCCC3)c(CO)c2F)c1. The fourth-order valence-corrected chi connectivity index (χ4v) is 16.5. The largest absolute Gasteiger partial charge is 0.478 e. The molecule has 10 aromatic carbocycles. The number of sulfonamides is 2. The highest BCUT2D eigenvalue weighted by Gasteiger charge is 2.39. The van der Waals surface area contributed by atoms with Crippen LogP contribution in [0.4, 0.5) is 43.4 Å². The van der Waals surface area contributed by atoms with Gasteiger partial charge < -0.3 is 65.4 Å². The maximum absolute atomic E-state index is 16.5. The zero-order valence-electron chi connectivity index (χ0n) is 65.1. The average Bonchev–Trinajstić information content (AvgIpc) is 0.748. The number of hydrogen-bond acceptors (Lipinski definition) is 21. The number of halogens is 7. The molecule has 2 aliphatic heterocycles. The van der Waals surface area contributed by atoms with Crippen LogP contribution in [0.15, 0.2) is 209 Å². The molecule has 10 N–H and O–H groups in total. The minimum absolute atomic E-state index is 0. The van der Waals surface area contributed by atoms with Crippen LogP contribution in [0.25, 0.3) is 0 Å². The van der Waals surface area contributed by atoms with Crippen LogP contribution < -0.4 is 14.3 Å². The molecule has 0 saturated carbocycles. The predicted octanol–water partition coefficient (Wildman–Crippen LogP) is 13.3. The number of nitrogens with one attached hydrogen (secondary N) is 2. The van der Waals surface area contributed by atoms with Gasteiger partial charge >= 0.3 is 23.9 Å². The molecule has 2 fully saturated rings. The summed E-state index contributed by atoms with van der Waals surface area (Å²) in [7, 11) is -8.14. The first-order valence-electron chi connectivity index (χ1n) is 37.6. The molecular formula is C87H86ClF6N5O22S3. The number of likely N-dealkylation sites (tertiary alicyclic amines) is 2. The Morgan fingerprint density at radius 2 is 0.734 bits per heavy atom. The van der Waals surface area contributed by atoms with E-state index in [1.165, 1.54) is 52.3 Å². The third kappa shape index (κ3) is 23.8. The minimum atomic E-state index is -4.84. The number of amides is 2. The van der Waals surface area contributed by atoms with Gasteiger partial charge in [0.05, 0.1) is 94.3 Å². The second-order valence-corrected chi connectivity index (χ2v) is 33.4. The topological polar surface area (TPSA) is 419 Å².